The SMILES string of the molecule is CCCC(=O)O.[CH2]C(C)C. The molecule has 2 heteroatoms. The van der Waals surface area contributed by atoms with Crippen molar-refractivity contribution in [1.29, 1.82) is 0 Å². The van der Waals surface area contributed by atoms with E-state index in [2.05, 4.69) is 20.8 Å². The Morgan fingerprint density at radius 2 is 1.90 bits per heavy atom. The molecule has 10 heavy (non-hydrogen) atoms. The van der Waals surface area contributed by atoms with Crippen molar-refractivity contribution in [1.82, 2.24) is 0 Å². The second-order valence-electron chi connectivity index (χ2n) is 2.54. The van der Waals surface area contributed by atoms with E-state index in [1.54, 1.807) is 0 Å². The van der Waals surface area contributed by atoms with Crippen molar-refractivity contribution in [3.8, 4) is 0 Å². The molecule has 0 aromatic carbocycles. The van der Waals surface area contributed by atoms with Crippen LogP contribution >= 0.6 is 0 Å². The molecule has 2 nitrogen and oxygen atoms in total. The van der Waals surface area contributed by atoms with Gasteiger partial charge in [-0.2, -0.15) is 0 Å². The lowest BCUT2D eigenvalue weighted by Gasteiger charge is -1.79. The van der Waals surface area contributed by atoms with Crippen LogP contribution in [0.2, 0.25) is 0 Å². The Morgan fingerprint density at radius 3 is 1.90 bits per heavy atom. The molecule has 0 atom stereocenters. The first-order valence-corrected chi connectivity index (χ1v) is 3.55. The quantitative estimate of drug-likeness (QED) is 0.647. The van der Waals surface area contributed by atoms with Crippen LogP contribution in [0.1, 0.15) is 33.6 Å². The lowest BCUT2D eigenvalue weighted by Crippen LogP contribution is -1.90. The molecule has 0 aromatic rings. The second kappa shape index (κ2) is 8.47. The summed E-state index contributed by atoms with van der Waals surface area (Å²) < 4.78 is 0. The van der Waals surface area contributed by atoms with Crippen molar-refractivity contribution in [3.05, 3.63) is 6.92 Å². The van der Waals surface area contributed by atoms with Gasteiger partial charge in [-0.1, -0.05) is 27.7 Å². The molecular weight excluding hydrogens is 128 g/mol. The third-order valence-electron chi connectivity index (χ3n) is 0.464. The molecule has 1 N–H and O–H groups in total. The number of carboxylic acid groups (broad SMARTS) is 1. The van der Waals surface area contributed by atoms with Crippen LogP contribution in [0.15, 0.2) is 0 Å². The fraction of sp³-hybridized carbons (Fsp3) is 0.750. The van der Waals surface area contributed by atoms with Crippen molar-refractivity contribution in [2.24, 2.45) is 5.92 Å². The minimum atomic E-state index is -0.711. The van der Waals surface area contributed by atoms with Crippen LogP contribution in [-0.4, -0.2) is 11.1 Å². The maximum Gasteiger partial charge on any atom is 0.303 e. The Bertz CT molecular complexity index is 74.6. The summed E-state index contributed by atoms with van der Waals surface area (Å²) in [7, 11) is 0. The van der Waals surface area contributed by atoms with Gasteiger partial charge in [0.15, 0.2) is 0 Å². The summed E-state index contributed by atoms with van der Waals surface area (Å²) in [4.78, 5) is 9.60. The van der Waals surface area contributed by atoms with Crippen molar-refractivity contribution >= 4 is 5.97 Å². The summed E-state index contributed by atoms with van der Waals surface area (Å²) >= 11 is 0. The molecule has 0 bridgehead atoms. The van der Waals surface area contributed by atoms with E-state index in [4.69, 9.17) is 5.11 Å². The summed E-state index contributed by atoms with van der Waals surface area (Å²) in [5.41, 5.74) is 0. The summed E-state index contributed by atoms with van der Waals surface area (Å²) in [5.74, 6) is -0.127. The zero-order valence-electron chi connectivity index (χ0n) is 7.05. The molecule has 0 aromatic heterocycles. The highest BCUT2D eigenvalue weighted by Gasteiger charge is 1.87. The zero-order chi connectivity index (χ0) is 8.57. The fourth-order valence-corrected chi connectivity index (χ4v) is 0.214. The van der Waals surface area contributed by atoms with E-state index in [1.807, 2.05) is 6.92 Å². The largest absolute Gasteiger partial charge is 0.481 e. The minimum absolute atomic E-state index is 0.292. The topological polar surface area (TPSA) is 37.3 Å². The number of hydrogen-bond acceptors (Lipinski definition) is 1. The second-order valence-corrected chi connectivity index (χ2v) is 2.54. The molecule has 0 fully saturated rings. The first kappa shape index (κ1) is 12.2. The molecule has 0 amide bonds. The Balaban J connectivity index is 0. The standard InChI is InChI=1S/C4H8O2.C4H9/c1-2-3-4(5)6;1-4(2)3/h2-3H2,1H3,(H,5,6);4H,1H2,2-3H3. The number of rotatable bonds is 2. The highest BCUT2D eigenvalue weighted by atomic mass is 16.4. The van der Waals surface area contributed by atoms with Crippen LogP contribution in [0.25, 0.3) is 0 Å². The van der Waals surface area contributed by atoms with Gasteiger partial charge >= 0.3 is 5.97 Å². The summed E-state index contributed by atoms with van der Waals surface area (Å²) in [6.45, 7) is 9.59. The molecule has 1 radical (unpaired) electrons. The van der Waals surface area contributed by atoms with E-state index in [-0.39, 0.29) is 0 Å². The van der Waals surface area contributed by atoms with Gasteiger partial charge in [-0.3, -0.25) is 4.79 Å². The molecule has 0 heterocycles. The van der Waals surface area contributed by atoms with E-state index in [0.29, 0.717) is 12.3 Å². The third-order valence-corrected chi connectivity index (χ3v) is 0.464. The smallest absolute Gasteiger partial charge is 0.303 e. The Labute approximate surface area is 63.3 Å². The van der Waals surface area contributed by atoms with Gasteiger partial charge in [0.25, 0.3) is 0 Å². The summed E-state index contributed by atoms with van der Waals surface area (Å²) in [6, 6.07) is 0. The number of carboxylic acids is 1. The van der Waals surface area contributed by atoms with Gasteiger partial charge in [0.05, 0.1) is 0 Å². The van der Waals surface area contributed by atoms with Crippen LogP contribution in [0.5, 0.6) is 0 Å². The van der Waals surface area contributed by atoms with Gasteiger partial charge in [-0.15, -0.1) is 0 Å². The van der Waals surface area contributed by atoms with E-state index in [9.17, 15) is 4.79 Å². The number of carbonyl (C=O) groups is 1. The molecule has 0 aliphatic rings. The van der Waals surface area contributed by atoms with E-state index in [1.165, 1.54) is 0 Å². The molecule has 0 saturated heterocycles. The van der Waals surface area contributed by atoms with Crippen molar-refractivity contribution in [2.75, 3.05) is 0 Å². The predicted molar refractivity (Wildman–Crippen MR) is 42.7 cm³/mol. The first-order valence-electron chi connectivity index (χ1n) is 3.55. The van der Waals surface area contributed by atoms with Crippen LogP contribution < -0.4 is 0 Å². The molecule has 0 rings (SSSR count). The molecule has 0 saturated carbocycles. The zero-order valence-corrected chi connectivity index (χ0v) is 7.05. The van der Waals surface area contributed by atoms with Crippen LogP contribution in [0.4, 0.5) is 0 Å². The average Bonchev–Trinajstić information content (AvgIpc) is 1.62. The normalized spacial score (nSPS) is 8.50. The maximum atomic E-state index is 9.60. The van der Waals surface area contributed by atoms with Gasteiger partial charge in [-0.25, -0.2) is 0 Å². The lowest BCUT2D eigenvalue weighted by atomic mass is 10.3. The van der Waals surface area contributed by atoms with E-state index in [0.717, 1.165) is 6.42 Å². The monoisotopic (exact) mass is 145 g/mol. The van der Waals surface area contributed by atoms with Crippen molar-refractivity contribution < 1.29 is 9.90 Å². The molecule has 61 valence electrons. The van der Waals surface area contributed by atoms with Crippen LogP contribution in [0, 0.1) is 12.8 Å². The van der Waals surface area contributed by atoms with Gasteiger partial charge in [0.2, 0.25) is 0 Å². The van der Waals surface area contributed by atoms with Crippen molar-refractivity contribution in [3.63, 3.8) is 0 Å². The average molecular weight is 145 g/mol. The number of hydrogen-bond donors (Lipinski definition) is 1. The predicted octanol–water partition coefficient (Wildman–Crippen LogP) is 2.35. The third kappa shape index (κ3) is 51.3. The minimum Gasteiger partial charge on any atom is -0.481 e. The first-order chi connectivity index (χ1) is 4.50. The van der Waals surface area contributed by atoms with Gasteiger partial charge in [-0.05, 0) is 12.3 Å². The van der Waals surface area contributed by atoms with Gasteiger partial charge in [0.1, 0.15) is 0 Å². The Kier molecular flexibility index (Phi) is 10.3. The summed E-state index contributed by atoms with van der Waals surface area (Å²) in [6.07, 6.45) is 1.02. The highest BCUT2D eigenvalue weighted by molar-refractivity contribution is 5.66. The Morgan fingerprint density at radius 1 is 1.60 bits per heavy atom. The molecule has 0 unspecified atom stereocenters. The molecule has 0 spiro atoms. The van der Waals surface area contributed by atoms with E-state index >= 15 is 0 Å². The van der Waals surface area contributed by atoms with Gasteiger partial charge < -0.3 is 5.11 Å². The van der Waals surface area contributed by atoms with Crippen LogP contribution in [-0.2, 0) is 4.79 Å². The summed E-state index contributed by atoms with van der Waals surface area (Å²) in [5, 5.41) is 7.91. The van der Waals surface area contributed by atoms with E-state index < -0.39 is 5.97 Å². The van der Waals surface area contributed by atoms with Crippen molar-refractivity contribution in [2.45, 2.75) is 33.6 Å². The number of aliphatic carboxylic acids is 1. The van der Waals surface area contributed by atoms with Crippen LogP contribution in [0.3, 0.4) is 0 Å². The highest BCUT2D eigenvalue weighted by Crippen LogP contribution is 1.82. The molecule has 0 aliphatic carbocycles. The molecule has 0 aliphatic heterocycles. The molecular formula is C8H17O2. The maximum absolute atomic E-state index is 9.60. The fourth-order valence-electron chi connectivity index (χ4n) is 0.214. The lowest BCUT2D eigenvalue weighted by molar-refractivity contribution is -0.137. The van der Waals surface area contributed by atoms with Gasteiger partial charge in [0, 0.05) is 6.42 Å². The Hall–Kier alpha value is -0.530.